The van der Waals surface area contributed by atoms with Crippen molar-refractivity contribution in [1.29, 1.82) is 0 Å². The number of rotatable bonds is 0. The Kier molecular flexibility index (Phi) is 17.1. The van der Waals surface area contributed by atoms with E-state index in [1.807, 2.05) is 0 Å². The zero-order valence-corrected chi connectivity index (χ0v) is 7.88. The Morgan fingerprint density at radius 1 is 1.25 bits per heavy atom. The van der Waals surface area contributed by atoms with E-state index in [0.29, 0.717) is 0 Å². The molecule has 2 N–H and O–H groups in total. The Morgan fingerprint density at radius 3 is 1.25 bits per heavy atom. The molecule has 0 atom stereocenters. The fraction of sp³-hybridized carbons (Fsp3) is 0. The van der Waals surface area contributed by atoms with Crippen molar-refractivity contribution in [2.45, 2.75) is 0 Å². The molecule has 0 amide bonds. The van der Waals surface area contributed by atoms with E-state index >= 15 is 0 Å². The molecule has 0 aliphatic rings. The van der Waals surface area contributed by atoms with E-state index in [4.69, 9.17) is 28.0 Å². The molecule has 0 aliphatic carbocycles. The molecule has 0 bridgehead atoms. The molecule has 0 heterocycles. The van der Waals surface area contributed by atoms with Gasteiger partial charge in [0.1, 0.15) is 0 Å². The average molecular weight is 170 g/mol. The van der Waals surface area contributed by atoms with Gasteiger partial charge in [0, 0.05) is 10.4 Å². The zero-order chi connectivity index (χ0) is 6.50. The minimum absolute atomic E-state index is 0. The summed E-state index contributed by atoms with van der Waals surface area (Å²) in [6.45, 7) is 0. The minimum Gasteiger partial charge on any atom is -0.759 e. The van der Waals surface area contributed by atoms with Gasteiger partial charge in [0.15, 0.2) is 0 Å². The smallest absolute Gasteiger partial charge is 0.759 e. The topological polar surface area (TPSA) is 121 Å². The van der Waals surface area contributed by atoms with Crippen LogP contribution < -0.4 is 51.4 Å². The van der Waals surface area contributed by atoms with Crippen LogP contribution in [0.3, 0.4) is 0 Å². The van der Waals surface area contributed by atoms with Crippen LogP contribution in [-0.2, 0) is 10.4 Å². The fourth-order valence-corrected chi connectivity index (χ4v) is 0. The van der Waals surface area contributed by atoms with E-state index in [9.17, 15) is 0 Å². The molecule has 0 spiro atoms. The molecule has 0 saturated carbocycles. The summed E-state index contributed by atoms with van der Waals surface area (Å²) in [6, 6.07) is 0. The quantitative estimate of drug-likeness (QED) is 0.125. The van der Waals surface area contributed by atoms with Gasteiger partial charge < -0.3 is 9.11 Å². The third-order valence-corrected chi connectivity index (χ3v) is 0. The fourth-order valence-electron chi connectivity index (χ4n) is 0. The summed E-state index contributed by atoms with van der Waals surface area (Å²) in [6.07, 6.45) is 0. The summed E-state index contributed by atoms with van der Waals surface area (Å²) >= 11 is 0. The Bertz CT molecular complexity index is 96.2. The molecular weight excluding hydrogens is 167 g/mol. The molecule has 0 aromatic rings. The molecular formula is H3KO6S. The summed E-state index contributed by atoms with van der Waals surface area (Å²) in [4.78, 5) is 0. The van der Waals surface area contributed by atoms with Gasteiger partial charge in [-0.1, -0.05) is 0 Å². The van der Waals surface area contributed by atoms with Gasteiger partial charge in [0.05, 0.1) is 0 Å². The Hall–Kier alpha value is 1.43. The molecule has 46 valence electrons. The summed E-state index contributed by atoms with van der Waals surface area (Å²) in [5.41, 5.74) is 0. The first kappa shape index (κ1) is 16.2. The standard InChI is InChI=1S/K.H2O4S.H2O2/c;1-5(2,3)4;1-2/h;(H2,1,2,3,4);1-2H/q+1;;/p-1. The summed E-state index contributed by atoms with van der Waals surface area (Å²) in [5, 5.41) is 12.0. The van der Waals surface area contributed by atoms with E-state index in [2.05, 4.69) is 0 Å². The first-order chi connectivity index (χ1) is 3.00. The summed E-state index contributed by atoms with van der Waals surface area (Å²) in [7, 11) is -5.17. The molecule has 0 fully saturated rings. The van der Waals surface area contributed by atoms with Crippen LogP contribution >= 0.6 is 0 Å². The molecule has 0 rings (SSSR count). The normalized spacial score (nSPS) is 8.00. The third-order valence-electron chi connectivity index (χ3n) is 0. The Balaban J connectivity index is -0.0000000286. The van der Waals surface area contributed by atoms with Gasteiger partial charge in [-0.15, -0.1) is 0 Å². The van der Waals surface area contributed by atoms with Gasteiger partial charge in [-0.05, 0) is 0 Å². The molecule has 8 heteroatoms. The molecule has 0 aliphatic heterocycles. The second-order valence-corrected chi connectivity index (χ2v) is 1.22. The molecule has 0 saturated heterocycles. The van der Waals surface area contributed by atoms with Gasteiger partial charge in [-0.25, -0.2) is 0 Å². The second-order valence-electron chi connectivity index (χ2n) is 0.408. The van der Waals surface area contributed by atoms with Crippen molar-refractivity contribution in [3.05, 3.63) is 0 Å². The van der Waals surface area contributed by atoms with Gasteiger partial charge in [0.25, 0.3) is 0 Å². The van der Waals surface area contributed by atoms with Crippen molar-refractivity contribution < 1.29 is 80.8 Å². The van der Waals surface area contributed by atoms with E-state index in [-0.39, 0.29) is 52.8 Å². The first-order valence-corrected chi connectivity index (χ1v) is 2.20. The molecule has 6 nitrogen and oxygen atoms in total. The zero-order valence-electron chi connectivity index (χ0n) is 4.94. The van der Waals surface area contributed by atoms with Crippen LogP contribution in [0.2, 0.25) is 0 Å². The maximum atomic E-state index is 8.52. The average Bonchev–Trinajstić information content (AvgIpc) is 1.36. The van der Waals surface area contributed by atoms with Crippen molar-refractivity contribution >= 4 is 10.4 Å². The van der Waals surface area contributed by atoms with Crippen LogP contribution in [0.25, 0.3) is 0 Å². The van der Waals surface area contributed by atoms with Crippen molar-refractivity contribution in [2.24, 2.45) is 0 Å². The first-order valence-electron chi connectivity index (χ1n) is 0.867. The summed E-state index contributed by atoms with van der Waals surface area (Å²) < 4.78 is 34.1. The number of hydrogen-bond acceptors (Lipinski definition) is 6. The largest absolute Gasteiger partial charge is 1.00 e. The van der Waals surface area contributed by atoms with E-state index < -0.39 is 10.4 Å². The molecule has 0 unspecified atom stereocenters. The predicted molar refractivity (Wildman–Crippen MR) is 16.8 cm³/mol. The molecule has 0 aromatic carbocycles. The van der Waals surface area contributed by atoms with Crippen molar-refractivity contribution in [3.63, 3.8) is 0 Å². The third kappa shape index (κ3) is 151. The SMILES string of the molecule is O=S(=O)([O-])[O-].OO.[H+].[K+]. The van der Waals surface area contributed by atoms with Crippen LogP contribution in [0.5, 0.6) is 0 Å². The van der Waals surface area contributed by atoms with Gasteiger partial charge in [-0.2, -0.15) is 0 Å². The van der Waals surface area contributed by atoms with Gasteiger partial charge >= 0.3 is 52.8 Å². The molecule has 8 heavy (non-hydrogen) atoms. The Morgan fingerprint density at radius 2 is 1.25 bits per heavy atom. The minimum atomic E-state index is -5.17. The summed E-state index contributed by atoms with van der Waals surface area (Å²) in [5.74, 6) is 0. The van der Waals surface area contributed by atoms with Crippen LogP contribution in [-0.4, -0.2) is 28.0 Å². The van der Waals surface area contributed by atoms with E-state index in [0.717, 1.165) is 0 Å². The van der Waals surface area contributed by atoms with E-state index in [1.54, 1.807) is 0 Å². The predicted octanol–water partition coefficient (Wildman–Crippen LogP) is -4.20. The molecule has 0 radical (unpaired) electrons. The monoisotopic (exact) mass is 170 g/mol. The van der Waals surface area contributed by atoms with Crippen molar-refractivity contribution in [3.8, 4) is 0 Å². The number of hydrogen-bond donors (Lipinski definition) is 2. The van der Waals surface area contributed by atoms with Gasteiger partial charge in [0.2, 0.25) is 0 Å². The maximum Gasteiger partial charge on any atom is 1.00 e. The van der Waals surface area contributed by atoms with Crippen molar-refractivity contribution in [1.82, 2.24) is 0 Å². The Labute approximate surface area is 89.9 Å². The van der Waals surface area contributed by atoms with Crippen molar-refractivity contribution in [2.75, 3.05) is 0 Å². The van der Waals surface area contributed by atoms with Crippen LogP contribution in [0, 0.1) is 0 Å². The van der Waals surface area contributed by atoms with Gasteiger partial charge in [-0.3, -0.25) is 18.9 Å². The second kappa shape index (κ2) is 8.43. The van der Waals surface area contributed by atoms with Crippen LogP contribution in [0.4, 0.5) is 0 Å². The maximum absolute atomic E-state index is 8.52. The van der Waals surface area contributed by atoms with E-state index in [1.165, 1.54) is 0 Å². The van der Waals surface area contributed by atoms with Crippen LogP contribution in [0.15, 0.2) is 0 Å². The molecule has 0 aromatic heterocycles. The van der Waals surface area contributed by atoms with Crippen LogP contribution in [0.1, 0.15) is 1.43 Å².